The zero-order valence-corrected chi connectivity index (χ0v) is 28.7. The molecule has 3 amide bonds. The lowest BCUT2D eigenvalue weighted by atomic mass is 10.1. The van der Waals surface area contributed by atoms with E-state index >= 15 is 0 Å². The van der Waals surface area contributed by atoms with Crippen LogP contribution in [0.2, 0.25) is 0 Å². The summed E-state index contributed by atoms with van der Waals surface area (Å²) in [4.78, 5) is 56.6. The van der Waals surface area contributed by atoms with Crippen molar-refractivity contribution in [1.82, 2.24) is 10.2 Å². The van der Waals surface area contributed by atoms with Crippen LogP contribution in [-0.4, -0.2) is 151 Å². The quantitative estimate of drug-likeness (QED) is 0.0461. The first kappa shape index (κ1) is 43.2. The van der Waals surface area contributed by atoms with Crippen LogP contribution in [0.15, 0.2) is 30.4 Å². The highest BCUT2D eigenvalue weighted by molar-refractivity contribution is 6.12. The summed E-state index contributed by atoms with van der Waals surface area (Å²) in [7, 11) is 0. The van der Waals surface area contributed by atoms with Crippen LogP contribution in [0.5, 0.6) is 0 Å². The van der Waals surface area contributed by atoms with E-state index in [9.17, 15) is 34.6 Å². The lowest BCUT2D eigenvalue weighted by molar-refractivity contribution is -0.394. The standard InChI is InChI=1S/C32H48N4O15/c37-30(33-8-1-2-27-3-4-28(35(40)41)26-29(27)36(42)43)7-10-44-12-14-46-16-18-48-20-22-50-24-25-51-23-21-49-19-17-47-15-13-45-11-9-34-31(38)5-6-32(34)39/h3-6,26H,1-2,7-25H2,(H,33,37). The van der Waals surface area contributed by atoms with Gasteiger partial charge in [0.2, 0.25) is 5.91 Å². The maximum atomic E-state index is 12.0. The van der Waals surface area contributed by atoms with Crippen molar-refractivity contribution in [2.24, 2.45) is 0 Å². The number of hydrogen-bond donors (Lipinski definition) is 1. The fourth-order valence-electron chi connectivity index (χ4n) is 4.26. The average molecular weight is 729 g/mol. The van der Waals surface area contributed by atoms with Gasteiger partial charge in [-0.05, 0) is 18.9 Å². The Labute approximate surface area is 295 Å². The Morgan fingerprint density at radius 1 is 0.627 bits per heavy atom. The smallest absolute Gasteiger partial charge is 0.279 e. The van der Waals surface area contributed by atoms with Crippen molar-refractivity contribution in [2.45, 2.75) is 19.3 Å². The molecule has 19 nitrogen and oxygen atoms in total. The number of rotatable bonds is 33. The molecule has 1 aliphatic heterocycles. The highest BCUT2D eigenvalue weighted by Gasteiger charge is 2.22. The van der Waals surface area contributed by atoms with E-state index in [0.29, 0.717) is 117 Å². The average Bonchev–Trinajstić information content (AvgIpc) is 3.43. The minimum Gasteiger partial charge on any atom is -0.379 e. The molecule has 51 heavy (non-hydrogen) atoms. The van der Waals surface area contributed by atoms with Gasteiger partial charge in [-0.25, -0.2) is 0 Å². The number of nitro benzene ring substituents is 2. The Bertz CT molecular complexity index is 1220. The zero-order chi connectivity index (χ0) is 36.9. The maximum absolute atomic E-state index is 12.0. The van der Waals surface area contributed by atoms with Gasteiger partial charge >= 0.3 is 0 Å². The molecule has 1 heterocycles. The molecule has 0 atom stereocenters. The van der Waals surface area contributed by atoms with E-state index in [1.54, 1.807) is 0 Å². The van der Waals surface area contributed by atoms with Crippen molar-refractivity contribution in [3.63, 3.8) is 0 Å². The number of nitrogens with zero attached hydrogens (tertiary/aromatic N) is 3. The molecule has 1 N–H and O–H groups in total. The van der Waals surface area contributed by atoms with Crippen molar-refractivity contribution in [2.75, 3.05) is 119 Å². The second kappa shape index (κ2) is 27.7. The van der Waals surface area contributed by atoms with Crippen LogP contribution in [0.3, 0.4) is 0 Å². The minimum absolute atomic E-state index is 0.157. The van der Waals surface area contributed by atoms with Gasteiger partial charge in [0, 0.05) is 36.7 Å². The highest BCUT2D eigenvalue weighted by Crippen LogP contribution is 2.25. The van der Waals surface area contributed by atoms with Crippen LogP contribution in [0.1, 0.15) is 18.4 Å². The predicted molar refractivity (Wildman–Crippen MR) is 178 cm³/mol. The maximum Gasteiger partial charge on any atom is 0.279 e. The zero-order valence-electron chi connectivity index (χ0n) is 28.7. The molecule has 19 heteroatoms. The molecule has 286 valence electrons. The molecule has 1 aromatic carbocycles. The summed E-state index contributed by atoms with van der Waals surface area (Å²) in [6, 6.07) is 3.53. The minimum atomic E-state index is -0.684. The van der Waals surface area contributed by atoms with Gasteiger partial charge in [0.25, 0.3) is 23.2 Å². The SMILES string of the molecule is O=C(CCOCCOCCOCCOCCOCCOCCOCCOCCN1C(=O)C=CC1=O)NCCCc1ccc([N+](=O)[O-])cc1[N+](=O)[O-]. The molecule has 0 radical (unpaired) electrons. The van der Waals surface area contributed by atoms with E-state index in [0.717, 1.165) is 11.0 Å². The van der Waals surface area contributed by atoms with E-state index in [1.165, 1.54) is 24.3 Å². The molecule has 1 aromatic rings. The van der Waals surface area contributed by atoms with E-state index in [4.69, 9.17) is 37.9 Å². The van der Waals surface area contributed by atoms with Crippen LogP contribution in [0.4, 0.5) is 11.4 Å². The number of non-ortho nitro benzene ring substituents is 1. The molecule has 0 unspecified atom stereocenters. The molecule has 1 aliphatic rings. The number of ether oxygens (including phenoxy) is 8. The summed E-state index contributed by atoms with van der Waals surface area (Å²) in [5.74, 6) is -0.861. The number of aryl methyl sites for hydroxylation is 1. The van der Waals surface area contributed by atoms with Crippen molar-refractivity contribution < 1.29 is 62.1 Å². The van der Waals surface area contributed by atoms with Gasteiger partial charge in [-0.1, -0.05) is 0 Å². The Morgan fingerprint density at radius 3 is 1.49 bits per heavy atom. The fraction of sp³-hybridized carbons (Fsp3) is 0.656. The number of nitro groups is 2. The van der Waals surface area contributed by atoms with Crippen LogP contribution in [-0.2, 0) is 58.7 Å². The number of nitrogens with one attached hydrogen (secondary N) is 1. The van der Waals surface area contributed by atoms with Crippen molar-refractivity contribution >= 4 is 29.1 Å². The lowest BCUT2D eigenvalue weighted by Crippen LogP contribution is -2.33. The Hall–Kier alpha value is -3.95. The highest BCUT2D eigenvalue weighted by atomic mass is 16.6. The monoisotopic (exact) mass is 728 g/mol. The third-order valence-corrected chi connectivity index (χ3v) is 6.86. The molecule has 0 aliphatic carbocycles. The topological polar surface area (TPSA) is 227 Å². The van der Waals surface area contributed by atoms with E-state index in [-0.39, 0.29) is 55.3 Å². The Morgan fingerprint density at radius 2 is 1.06 bits per heavy atom. The van der Waals surface area contributed by atoms with E-state index < -0.39 is 9.85 Å². The molecule has 0 aromatic heterocycles. The molecule has 2 rings (SSSR count). The predicted octanol–water partition coefficient (Wildman–Crippen LogP) is 1.000. The third-order valence-electron chi connectivity index (χ3n) is 6.86. The summed E-state index contributed by atoms with van der Waals surface area (Å²) in [6.07, 6.45) is 3.37. The fourth-order valence-corrected chi connectivity index (χ4v) is 4.26. The summed E-state index contributed by atoms with van der Waals surface area (Å²) >= 11 is 0. The summed E-state index contributed by atoms with van der Waals surface area (Å²) in [5, 5.41) is 24.8. The molecule has 0 bridgehead atoms. The number of hydrogen-bond acceptors (Lipinski definition) is 15. The van der Waals surface area contributed by atoms with Crippen LogP contribution in [0.25, 0.3) is 0 Å². The van der Waals surface area contributed by atoms with Gasteiger partial charge in [-0.2, -0.15) is 0 Å². The number of carbonyl (C=O) groups is 3. The Kier molecular flexibility index (Phi) is 23.5. The van der Waals surface area contributed by atoms with E-state index in [2.05, 4.69) is 5.32 Å². The van der Waals surface area contributed by atoms with Gasteiger partial charge < -0.3 is 43.2 Å². The van der Waals surface area contributed by atoms with Gasteiger partial charge in [-0.3, -0.25) is 39.5 Å². The first-order chi connectivity index (χ1) is 24.8. The van der Waals surface area contributed by atoms with Crippen molar-refractivity contribution in [3.05, 3.63) is 56.1 Å². The van der Waals surface area contributed by atoms with Crippen LogP contribution < -0.4 is 5.32 Å². The number of imide groups is 1. The van der Waals surface area contributed by atoms with Gasteiger partial charge in [0.05, 0.1) is 128 Å². The number of carbonyl (C=O) groups excluding carboxylic acids is 3. The molecule has 0 fully saturated rings. The number of amides is 3. The molecular formula is C32H48N4O15. The van der Waals surface area contributed by atoms with Crippen molar-refractivity contribution in [1.29, 1.82) is 0 Å². The second-order valence-corrected chi connectivity index (χ2v) is 10.6. The number of benzene rings is 1. The lowest BCUT2D eigenvalue weighted by Gasteiger charge is -2.13. The Balaban J connectivity index is 1.24. The molecule has 0 spiro atoms. The molecule has 0 saturated carbocycles. The van der Waals surface area contributed by atoms with Crippen molar-refractivity contribution in [3.8, 4) is 0 Å². The first-order valence-electron chi connectivity index (χ1n) is 16.6. The summed E-state index contributed by atoms with van der Waals surface area (Å²) in [5.41, 5.74) is -0.286. The second-order valence-electron chi connectivity index (χ2n) is 10.6. The third kappa shape index (κ3) is 20.5. The molecular weight excluding hydrogens is 680 g/mol. The summed E-state index contributed by atoms with van der Waals surface area (Å²) < 4.78 is 43.3. The van der Waals surface area contributed by atoms with Gasteiger partial charge in [0.1, 0.15) is 0 Å². The first-order valence-corrected chi connectivity index (χ1v) is 16.6. The van der Waals surface area contributed by atoms with Crippen LogP contribution in [0, 0.1) is 20.2 Å². The normalized spacial score (nSPS) is 12.6. The van der Waals surface area contributed by atoms with E-state index in [1.807, 2.05) is 0 Å². The summed E-state index contributed by atoms with van der Waals surface area (Å²) in [6.45, 7) is 6.63. The van der Waals surface area contributed by atoms with Gasteiger partial charge in [-0.15, -0.1) is 0 Å². The van der Waals surface area contributed by atoms with Gasteiger partial charge in [0.15, 0.2) is 0 Å². The van der Waals surface area contributed by atoms with Crippen LogP contribution >= 0.6 is 0 Å². The largest absolute Gasteiger partial charge is 0.379 e. The molecule has 0 saturated heterocycles.